The lowest BCUT2D eigenvalue weighted by molar-refractivity contribution is -0.133. The molecule has 0 bridgehead atoms. The highest BCUT2D eigenvalue weighted by Crippen LogP contribution is 2.52. The number of aliphatic hydroxyl groups excluding tert-OH is 1. The largest absolute Gasteiger partial charge is 0.372 e. The molecule has 3 fully saturated rings. The number of nitrogens with one attached hydrogen (secondary N) is 3. The molecule has 2 aliphatic carbocycles. The van der Waals surface area contributed by atoms with Gasteiger partial charge in [0.1, 0.15) is 11.9 Å². The van der Waals surface area contributed by atoms with Gasteiger partial charge in [-0.25, -0.2) is 4.39 Å². The lowest BCUT2D eigenvalue weighted by Gasteiger charge is -2.28. The summed E-state index contributed by atoms with van der Waals surface area (Å²) in [5, 5.41) is 19.5. The monoisotopic (exact) mass is 778 g/mol. The number of amides is 5. The number of alkyl halides is 1. The van der Waals surface area contributed by atoms with Gasteiger partial charge in [-0.2, -0.15) is 11.8 Å². The number of thioether (sulfide) groups is 1. The number of hydrogen-bond donors (Lipinski definition) is 4. The fraction of sp³-hybridized carbons (Fsp3) is 0.610. The molecule has 5 amide bonds. The molecule has 0 radical (unpaired) electrons. The number of pyridine rings is 1. The SMILES string of the molecule is CC1C/C=C\CCCCCCC1CSC1CC(=O)N(CCNC(=O)CCC(=O)Nc2cccc3c(C(=O)NCC(=O)N4CCC5(F)CC5C4)ccnc23)C1O. The number of rotatable bonds is 13. The number of carbonyl (C=O) groups excluding carboxylic acids is 5. The van der Waals surface area contributed by atoms with Gasteiger partial charge in [0, 0.05) is 62.9 Å². The topological polar surface area (TPSA) is 161 Å². The van der Waals surface area contributed by atoms with E-state index in [-0.39, 0.29) is 73.3 Å². The smallest absolute Gasteiger partial charge is 0.252 e. The lowest BCUT2D eigenvalue weighted by atomic mass is 9.88. The Labute approximate surface area is 326 Å². The Morgan fingerprint density at radius 3 is 2.71 bits per heavy atom. The molecular weight excluding hydrogens is 724 g/mol. The van der Waals surface area contributed by atoms with Crippen LogP contribution in [-0.4, -0.2) is 105 Å². The molecule has 4 N–H and O–H groups in total. The third-order valence-corrected chi connectivity index (χ3v) is 13.2. The summed E-state index contributed by atoms with van der Waals surface area (Å²) in [6.07, 6.45) is 14.4. The van der Waals surface area contributed by atoms with Crippen LogP contribution in [0.1, 0.15) is 94.3 Å². The zero-order chi connectivity index (χ0) is 39.0. The van der Waals surface area contributed by atoms with Gasteiger partial charge in [-0.05, 0) is 68.2 Å². The lowest BCUT2D eigenvalue weighted by Crippen LogP contribution is -2.45. The van der Waals surface area contributed by atoms with Crippen molar-refractivity contribution in [1.82, 2.24) is 25.4 Å². The van der Waals surface area contributed by atoms with E-state index in [2.05, 4.69) is 40.0 Å². The number of anilines is 1. The van der Waals surface area contributed by atoms with Crippen LogP contribution < -0.4 is 16.0 Å². The van der Waals surface area contributed by atoms with Crippen LogP contribution in [0.25, 0.3) is 10.9 Å². The molecule has 2 saturated heterocycles. The maximum atomic E-state index is 14.2. The Balaban J connectivity index is 0.916. The van der Waals surface area contributed by atoms with E-state index in [0.29, 0.717) is 54.4 Å². The van der Waals surface area contributed by atoms with Gasteiger partial charge in [-0.1, -0.05) is 50.5 Å². The molecule has 2 aromatic rings. The number of fused-ring (bicyclic) bond motifs is 2. The van der Waals surface area contributed by atoms with Crippen LogP contribution in [-0.2, 0) is 19.2 Å². The highest BCUT2D eigenvalue weighted by atomic mass is 32.2. The van der Waals surface area contributed by atoms with Crippen molar-refractivity contribution in [2.45, 2.75) is 101 Å². The first-order chi connectivity index (χ1) is 26.5. The first-order valence-corrected chi connectivity index (χ1v) is 21.0. The third-order valence-electron chi connectivity index (χ3n) is 11.7. The summed E-state index contributed by atoms with van der Waals surface area (Å²) in [6.45, 7) is 3.15. The van der Waals surface area contributed by atoms with Crippen LogP contribution in [0, 0.1) is 17.8 Å². The number of halogens is 1. The summed E-state index contributed by atoms with van der Waals surface area (Å²) in [5.74, 6) is 0.261. The Hall–Kier alpha value is -4.04. The molecule has 12 nitrogen and oxygen atoms in total. The molecule has 6 rings (SSSR count). The highest BCUT2D eigenvalue weighted by molar-refractivity contribution is 8.00. The summed E-state index contributed by atoms with van der Waals surface area (Å²) in [5.41, 5.74) is -0.0833. The first kappa shape index (κ1) is 40.6. The van der Waals surface area contributed by atoms with E-state index in [4.69, 9.17) is 0 Å². The fourth-order valence-electron chi connectivity index (χ4n) is 8.04. The molecule has 298 valence electrons. The molecule has 14 heteroatoms. The molecular formula is C41H55FN6O6S. The summed E-state index contributed by atoms with van der Waals surface area (Å²) in [7, 11) is 0. The minimum atomic E-state index is -1.12. The number of hydrogen-bond acceptors (Lipinski definition) is 8. The van der Waals surface area contributed by atoms with Gasteiger partial charge in [0.15, 0.2) is 0 Å². The molecule has 1 saturated carbocycles. The molecule has 0 spiro atoms. The predicted molar refractivity (Wildman–Crippen MR) is 211 cm³/mol. The normalized spacial score (nSPS) is 27.5. The zero-order valence-corrected chi connectivity index (χ0v) is 32.6. The standard InChI is InChI=1S/C41H55FN6O6S/c1-27-10-7-5-3-2-4-6-8-11-28(27)26-55-33-22-36(51)48(40(33)54)21-19-43-34(49)14-15-35(50)46-32-13-9-12-30-31(16-18-44-38(30)32)39(53)45-24-37(52)47-20-17-41(42)23-29(41)25-47/h5,7,9,12-13,16,18,27-29,33,40,54H,2-4,6,8,10-11,14-15,17,19-26H2,1H3,(H,43,49)(H,45,53)(H,46,50)/b7-5-. The van der Waals surface area contributed by atoms with Crippen LogP contribution in [0.4, 0.5) is 10.1 Å². The van der Waals surface area contributed by atoms with Crippen LogP contribution in [0.2, 0.25) is 0 Å². The minimum Gasteiger partial charge on any atom is -0.372 e. The fourth-order valence-corrected chi connectivity index (χ4v) is 9.61. The Bertz CT molecular complexity index is 1760. The maximum absolute atomic E-state index is 14.2. The van der Waals surface area contributed by atoms with E-state index >= 15 is 0 Å². The summed E-state index contributed by atoms with van der Waals surface area (Å²) < 4.78 is 14.2. The van der Waals surface area contributed by atoms with Crippen molar-refractivity contribution in [2.24, 2.45) is 17.8 Å². The van der Waals surface area contributed by atoms with Crippen LogP contribution in [0.5, 0.6) is 0 Å². The Morgan fingerprint density at radius 2 is 1.87 bits per heavy atom. The molecule has 4 aliphatic rings. The number of aliphatic hydroxyl groups is 1. The second-order valence-corrected chi connectivity index (χ2v) is 17.0. The quantitative estimate of drug-likeness (QED) is 0.208. The molecule has 6 atom stereocenters. The number of para-hydroxylation sites is 1. The van der Waals surface area contributed by atoms with Gasteiger partial charge < -0.3 is 30.9 Å². The number of carbonyl (C=O) groups is 5. The Morgan fingerprint density at radius 1 is 1.05 bits per heavy atom. The van der Waals surface area contributed by atoms with E-state index in [9.17, 15) is 33.5 Å². The molecule has 1 aromatic heterocycles. The van der Waals surface area contributed by atoms with Crippen molar-refractivity contribution < 1.29 is 33.5 Å². The minimum absolute atomic E-state index is 0.0838. The number of nitrogens with zero attached hydrogens (tertiary/aromatic N) is 3. The number of likely N-dealkylation sites (tertiary alicyclic amines) is 2. The first-order valence-electron chi connectivity index (χ1n) is 20.0. The number of piperidine rings is 1. The average molecular weight is 779 g/mol. The average Bonchev–Trinajstić information content (AvgIpc) is 3.80. The molecule has 55 heavy (non-hydrogen) atoms. The molecule has 1 aromatic carbocycles. The van der Waals surface area contributed by atoms with E-state index in [0.717, 1.165) is 18.6 Å². The van der Waals surface area contributed by atoms with Gasteiger partial charge >= 0.3 is 0 Å². The van der Waals surface area contributed by atoms with Crippen molar-refractivity contribution in [3.63, 3.8) is 0 Å². The summed E-state index contributed by atoms with van der Waals surface area (Å²) >= 11 is 1.69. The van der Waals surface area contributed by atoms with Gasteiger partial charge in [0.2, 0.25) is 23.6 Å². The van der Waals surface area contributed by atoms with E-state index < -0.39 is 23.7 Å². The summed E-state index contributed by atoms with van der Waals surface area (Å²) in [4.78, 5) is 71.5. The summed E-state index contributed by atoms with van der Waals surface area (Å²) in [6, 6.07) is 6.57. The van der Waals surface area contributed by atoms with Gasteiger partial charge in [0.05, 0.1) is 28.6 Å². The predicted octanol–water partition coefficient (Wildman–Crippen LogP) is 4.97. The van der Waals surface area contributed by atoms with Crippen molar-refractivity contribution in [3.8, 4) is 0 Å². The number of aromatic nitrogens is 1. The third kappa shape index (κ3) is 10.6. The van der Waals surface area contributed by atoms with Gasteiger partial charge in [0.25, 0.3) is 5.91 Å². The van der Waals surface area contributed by atoms with Crippen LogP contribution in [0.15, 0.2) is 42.6 Å². The second-order valence-electron chi connectivity index (χ2n) is 15.7. The van der Waals surface area contributed by atoms with Gasteiger partial charge in [-0.3, -0.25) is 29.0 Å². The van der Waals surface area contributed by atoms with E-state index in [1.807, 2.05) is 0 Å². The van der Waals surface area contributed by atoms with Crippen molar-refractivity contribution >= 4 is 57.9 Å². The number of allylic oxidation sites excluding steroid dienone is 2. The van der Waals surface area contributed by atoms with Crippen molar-refractivity contribution in [2.75, 3.05) is 43.8 Å². The molecule has 2 aliphatic heterocycles. The van der Waals surface area contributed by atoms with Crippen molar-refractivity contribution in [1.29, 1.82) is 0 Å². The number of benzene rings is 1. The Kier molecular flexibility index (Phi) is 13.8. The van der Waals surface area contributed by atoms with Gasteiger partial charge in [-0.15, -0.1) is 0 Å². The zero-order valence-electron chi connectivity index (χ0n) is 31.8. The van der Waals surface area contributed by atoms with Crippen LogP contribution in [0.3, 0.4) is 0 Å². The van der Waals surface area contributed by atoms with Crippen LogP contribution >= 0.6 is 11.8 Å². The van der Waals surface area contributed by atoms with Crippen molar-refractivity contribution in [3.05, 3.63) is 48.2 Å². The highest BCUT2D eigenvalue weighted by Gasteiger charge is 2.58. The van der Waals surface area contributed by atoms with E-state index in [1.54, 1.807) is 34.9 Å². The maximum Gasteiger partial charge on any atom is 0.252 e. The molecule has 6 unspecified atom stereocenters. The molecule has 3 heterocycles. The second kappa shape index (κ2) is 18.7. The van der Waals surface area contributed by atoms with E-state index in [1.165, 1.54) is 49.3 Å².